The van der Waals surface area contributed by atoms with Gasteiger partial charge in [0.05, 0.1) is 6.07 Å². The van der Waals surface area contributed by atoms with Gasteiger partial charge in [-0.3, -0.25) is 4.79 Å². The van der Waals surface area contributed by atoms with Crippen molar-refractivity contribution in [3.05, 3.63) is 35.6 Å². The minimum Gasteiger partial charge on any atom is -0.298 e. The van der Waals surface area contributed by atoms with Crippen LogP contribution in [-0.4, -0.2) is 5.78 Å². The molecule has 0 N–H and O–H groups in total. The quantitative estimate of drug-likeness (QED) is 0.736. The normalized spacial score (nSPS) is 11.8. The Morgan fingerprint density at radius 2 is 2.36 bits per heavy atom. The second kappa shape index (κ2) is 4.52. The van der Waals surface area contributed by atoms with E-state index in [1.807, 2.05) is 6.07 Å². The van der Waals surface area contributed by atoms with Crippen LogP contribution in [0, 0.1) is 17.1 Å². The Kier molecular flexibility index (Phi) is 3.35. The smallest absolute Gasteiger partial charge is 0.154 e. The molecule has 0 amide bonds. The van der Waals surface area contributed by atoms with Crippen LogP contribution in [0.1, 0.15) is 24.8 Å². The minimum absolute atomic E-state index is 0.182. The zero-order valence-corrected chi connectivity index (χ0v) is 7.83. The molecule has 0 bridgehead atoms. The van der Waals surface area contributed by atoms with E-state index in [1.54, 1.807) is 13.0 Å². The Labute approximate surface area is 82.0 Å². The molecule has 0 heterocycles. The second-order valence-corrected chi connectivity index (χ2v) is 2.94. The van der Waals surface area contributed by atoms with Gasteiger partial charge >= 0.3 is 0 Å². The standard InChI is InChI=1S/C11H10FNO/c1-2-11(14)10(7-13)8-4-3-5-9(12)6-8/h3-6,10H,2H2,1H3/t10-/m0/s1. The van der Waals surface area contributed by atoms with E-state index in [4.69, 9.17) is 5.26 Å². The third-order valence-corrected chi connectivity index (χ3v) is 1.98. The van der Waals surface area contributed by atoms with Crippen LogP contribution in [0.3, 0.4) is 0 Å². The Bertz CT molecular complexity index is 381. The van der Waals surface area contributed by atoms with Gasteiger partial charge in [0.15, 0.2) is 5.78 Å². The molecule has 14 heavy (non-hydrogen) atoms. The summed E-state index contributed by atoms with van der Waals surface area (Å²) in [6.45, 7) is 1.69. The van der Waals surface area contributed by atoms with Gasteiger partial charge in [-0.2, -0.15) is 5.26 Å². The summed E-state index contributed by atoms with van der Waals surface area (Å²) in [6, 6.07) is 7.48. The molecule has 2 nitrogen and oxygen atoms in total. The van der Waals surface area contributed by atoms with E-state index in [1.165, 1.54) is 18.2 Å². The maximum absolute atomic E-state index is 12.8. The first-order chi connectivity index (χ1) is 6.69. The fraction of sp³-hybridized carbons (Fsp3) is 0.273. The average molecular weight is 191 g/mol. The van der Waals surface area contributed by atoms with Crippen LogP contribution in [0.2, 0.25) is 0 Å². The van der Waals surface area contributed by atoms with Crippen LogP contribution >= 0.6 is 0 Å². The number of Topliss-reactive ketones (excluding diaryl/α,β-unsaturated/α-hetero) is 1. The topological polar surface area (TPSA) is 40.9 Å². The number of carbonyl (C=O) groups excluding carboxylic acids is 1. The number of rotatable bonds is 3. The molecule has 1 rings (SSSR count). The highest BCUT2D eigenvalue weighted by Gasteiger charge is 2.18. The van der Waals surface area contributed by atoms with Gasteiger partial charge < -0.3 is 0 Å². The van der Waals surface area contributed by atoms with Crippen LogP contribution in [0.25, 0.3) is 0 Å². The molecule has 1 aromatic rings. The number of hydrogen-bond acceptors (Lipinski definition) is 2. The average Bonchev–Trinajstić information content (AvgIpc) is 2.19. The third-order valence-electron chi connectivity index (χ3n) is 1.98. The van der Waals surface area contributed by atoms with Crippen molar-refractivity contribution < 1.29 is 9.18 Å². The van der Waals surface area contributed by atoms with Crippen molar-refractivity contribution in [1.82, 2.24) is 0 Å². The van der Waals surface area contributed by atoms with E-state index in [2.05, 4.69) is 0 Å². The number of nitrogens with zero attached hydrogens (tertiary/aromatic N) is 1. The Morgan fingerprint density at radius 1 is 1.64 bits per heavy atom. The van der Waals surface area contributed by atoms with Crippen molar-refractivity contribution in [2.24, 2.45) is 0 Å². The van der Waals surface area contributed by atoms with Gasteiger partial charge in [0, 0.05) is 6.42 Å². The Hall–Kier alpha value is -1.69. The molecule has 3 heteroatoms. The summed E-state index contributed by atoms with van der Waals surface area (Å²) in [4.78, 5) is 11.3. The van der Waals surface area contributed by atoms with Gasteiger partial charge in [0.25, 0.3) is 0 Å². The summed E-state index contributed by atoms with van der Waals surface area (Å²) in [7, 11) is 0. The summed E-state index contributed by atoms with van der Waals surface area (Å²) >= 11 is 0. The van der Waals surface area contributed by atoms with Gasteiger partial charge in [0.1, 0.15) is 11.7 Å². The maximum Gasteiger partial charge on any atom is 0.154 e. The van der Waals surface area contributed by atoms with Gasteiger partial charge in [-0.1, -0.05) is 19.1 Å². The fourth-order valence-electron chi connectivity index (χ4n) is 1.22. The molecule has 0 fully saturated rings. The number of ketones is 1. The lowest BCUT2D eigenvalue weighted by molar-refractivity contribution is -0.119. The molecule has 72 valence electrons. The van der Waals surface area contributed by atoms with E-state index in [-0.39, 0.29) is 12.2 Å². The second-order valence-electron chi connectivity index (χ2n) is 2.94. The maximum atomic E-state index is 12.8. The number of halogens is 1. The lowest BCUT2D eigenvalue weighted by Gasteiger charge is -2.06. The molecule has 0 aliphatic rings. The first kappa shape index (κ1) is 10.4. The molecule has 0 saturated carbocycles. The largest absolute Gasteiger partial charge is 0.298 e. The predicted molar refractivity (Wildman–Crippen MR) is 50.1 cm³/mol. The number of nitriles is 1. The highest BCUT2D eigenvalue weighted by Crippen LogP contribution is 2.18. The third kappa shape index (κ3) is 2.17. The Balaban J connectivity index is 3.02. The first-order valence-corrected chi connectivity index (χ1v) is 4.36. The molecule has 0 aliphatic carbocycles. The molecular formula is C11H10FNO. The molecule has 0 radical (unpaired) electrons. The van der Waals surface area contributed by atoms with E-state index in [9.17, 15) is 9.18 Å². The van der Waals surface area contributed by atoms with Gasteiger partial charge in [-0.15, -0.1) is 0 Å². The van der Waals surface area contributed by atoms with Crippen LogP contribution < -0.4 is 0 Å². The van der Waals surface area contributed by atoms with Crippen LogP contribution in [0.15, 0.2) is 24.3 Å². The Morgan fingerprint density at radius 3 is 2.86 bits per heavy atom. The van der Waals surface area contributed by atoms with E-state index in [0.717, 1.165) is 0 Å². The summed E-state index contributed by atoms with van der Waals surface area (Å²) < 4.78 is 12.8. The van der Waals surface area contributed by atoms with Crippen LogP contribution in [0.5, 0.6) is 0 Å². The lowest BCUT2D eigenvalue weighted by atomic mass is 9.95. The molecule has 0 saturated heterocycles. The molecule has 0 spiro atoms. The molecule has 0 unspecified atom stereocenters. The van der Waals surface area contributed by atoms with Crippen molar-refractivity contribution in [2.75, 3.05) is 0 Å². The SMILES string of the molecule is CCC(=O)[C@@H](C#N)c1cccc(F)c1. The first-order valence-electron chi connectivity index (χ1n) is 4.36. The summed E-state index contributed by atoms with van der Waals surface area (Å²) in [6.07, 6.45) is 0.286. The van der Waals surface area contributed by atoms with Crippen LogP contribution in [-0.2, 0) is 4.79 Å². The van der Waals surface area contributed by atoms with Crippen molar-refractivity contribution in [3.8, 4) is 6.07 Å². The molecule has 1 aromatic carbocycles. The summed E-state index contributed by atoms with van der Waals surface area (Å²) in [5, 5.41) is 8.78. The number of benzene rings is 1. The van der Waals surface area contributed by atoms with Crippen molar-refractivity contribution in [1.29, 1.82) is 5.26 Å². The van der Waals surface area contributed by atoms with Crippen molar-refractivity contribution in [3.63, 3.8) is 0 Å². The van der Waals surface area contributed by atoms with Gasteiger partial charge in [0.2, 0.25) is 0 Å². The highest BCUT2D eigenvalue weighted by atomic mass is 19.1. The zero-order valence-electron chi connectivity index (χ0n) is 7.83. The molecule has 0 aromatic heterocycles. The van der Waals surface area contributed by atoms with E-state index in [0.29, 0.717) is 5.56 Å². The zero-order chi connectivity index (χ0) is 10.6. The highest BCUT2D eigenvalue weighted by molar-refractivity contribution is 5.88. The van der Waals surface area contributed by atoms with E-state index < -0.39 is 11.7 Å². The molecule has 1 atom stereocenters. The number of carbonyl (C=O) groups is 1. The van der Waals surface area contributed by atoms with Crippen LogP contribution in [0.4, 0.5) is 4.39 Å². The van der Waals surface area contributed by atoms with Crippen molar-refractivity contribution in [2.45, 2.75) is 19.3 Å². The minimum atomic E-state index is -0.837. The summed E-state index contributed by atoms with van der Waals surface area (Å²) in [5.41, 5.74) is 0.430. The number of hydrogen-bond donors (Lipinski definition) is 0. The van der Waals surface area contributed by atoms with E-state index >= 15 is 0 Å². The van der Waals surface area contributed by atoms with Crippen molar-refractivity contribution >= 4 is 5.78 Å². The molecular weight excluding hydrogens is 181 g/mol. The lowest BCUT2D eigenvalue weighted by Crippen LogP contribution is -2.09. The molecule has 0 aliphatic heterocycles. The monoisotopic (exact) mass is 191 g/mol. The fourth-order valence-corrected chi connectivity index (χ4v) is 1.22. The predicted octanol–water partition coefficient (Wildman–Crippen LogP) is 2.41. The summed E-state index contributed by atoms with van der Waals surface area (Å²) in [5.74, 6) is -1.44. The van der Waals surface area contributed by atoms with Gasteiger partial charge in [-0.25, -0.2) is 4.39 Å². The van der Waals surface area contributed by atoms with Gasteiger partial charge in [-0.05, 0) is 17.7 Å².